The van der Waals surface area contributed by atoms with Gasteiger partial charge in [0, 0.05) is 10.4 Å². The molecule has 2 amide bonds. The topological polar surface area (TPSA) is 58.2 Å². The van der Waals surface area contributed by atoms with Crippen molar-refractivity contribution in [3.05, 3.63) is 80.7 Å². The number of carbonyl (C=O) groups excluding carboxylic acids is 2. The van der Waals surface area contributed by atoms with Crippen LogP contribution >= 0.6 is 22.9 Å². The molecule has 4 nitrogen and oxygen atoms in total. The summed E-state index contributed by atoms with van der Waals surface area (Å²) in [5, 5.41) is 6.99. The number of thiophene rings is 1. The molecule has 0 spiro atoms. The molecule has 1 heterocycles. The van der Waals surface area contributed by atoms with E-state index >= 15 is 0 Å². The number of hydrogen-bond acceptors (Lipinski definition) is 3. The number of fused-ring (bicyclic) bond motifs is 1. The summed E-state index contributed by atoms with van der Waals surface area (Å²) in [6.45, 7) is 4.20. The Hall–Kier alpha value is -2.63. The van der Waals surface area contributed by atoms with Crippen molar-refractivity contribution in [2.75, 3.05) is 10.6 Å². The van der Waals surface area contributed by atoms with Crippen molar-refractivity contribution in [1.82, 2.24) is 0 Å². The maximum Gasteiger partial charge on any atom is 0.258 e. The van der Waals surface area contributed by atoms with Crippen molar-refractivity contribution < 1.29 is 9.59 Å². The molecule has 4 rings (SSSR count). The van der Waals surface area contributed by atoms with Crippen molar-refractivity contribution >= 4 is 45.4 Å². The van der Waals surface area contributed by atoms with E-state index in [2.05, 4.69) is 17.6 Å². The normalized spacial score (nSPS) is 15.4. The first-order valence-corrected chi connectivity index (χ1v) is 11.2. The number of nitrogens with one attached hydrogen (secondary N) is 2. The third-order valence-corrected chi connectivity index (χ3v) is 6.90. The minimum atomic E-state index is -0.241. The molecule has 0 saturated carbocycles. The average Bonchev–Trinajstić information content (AvgIpc) is 3.07. The number of benzene rings is 2. The number of carbonyl (C=O) groups is 2. The van der Waals surface area contributed by atoms with Gasteiger partial charge in [-0.25, -0.2) is 0 Å². The molecule has 2 aromatic carbocycles. The van der Waals surface area contributed by atoms with Gasteiger partial charge in [-0.2, -0.15) is 0 Å². The van der Waals surface area contributed by atoms with Crippen LogP contribution in [0, 0.1) is 12.8 Å². The van der Waals surface area contributed by atoms with E-state index in [0.29, 0.717) is 32.8 Å². The van der Waals surface area contributed by atoms with Gasteiger partial charge < -0.3 is 10.6 Å². The molecule has 3 aromatic rings. The number of halogens is 1. The predicted molar refractivity (Wildman–Crippen MR) is 124 cm³/mol. The SMILES string of the molecule is Cc1ccc(C(=O)Nc2sc3c(c2C(=O)Nc2ccccc2Cl)CCC(C)C3)cc1. The van der Waals surface area contributed by atoms with Gasteiger partial charge in [0.1, 0.15) is 5.00 Å². The third-order valence-electron chi connectivity index (χ3n) is 5.40. The molecule has 0 fully saturated rings. The molecular weight excluding hydrogens is 416 g/mol. The van der Waals surface area contributed by atoms with Crippen molar-refractivity contribution in [2.45, 2.75) is 33.1 Å². The van der Waals surface area contributed by atoms with Crippen LogP contribution in [0.1, 0.15) is 50.1 Å². The Morgan fingerprint density at radius 2 is 1.77 bits per heavy atom. The molecular formula is C24H23ClN2O2S. The number of anilines is 2. The van der Waals surface area contributed by atoms with Crippen LogP contribution in [-0.4, -0.2) is 11.8 Å². The lowest BCUT2D eigenvalue weighted by molar-refractivity contribution is 0.102. The summed E-state index contributed by atoms with van der Waals surface area (Å²) < 4.78 is 0. The highest BCUT2D eigenvalue weighted by Crippen LogP contribution is 2.40. The number of amides is 2. The summed E-state index contributed by atoms with van der Waals surface area (Å²) in [5.41, 5.74) is 3.82. The highest BCUT2D eigenvalue weighted by atomic mass is 35.5. The molecule has 1 aliphatic carbocycles. The summed E-state index contributed by atoms with van der Waals surface area (Å²) in [4.78, 5) is 27.3. The van der Waals surface area contributed by atoms with Crippen LogP contribution < -0.4 is 10.6 Å². The third kappa shape index (κ3) is 4.27. The quantitative estimate of drug-likeness (QED) is 0.499. The lowest BCUT2D eigenvalue weighted by atomic mass is 9.88. The monoisotopic (exact) mass is 438 g/mol. The van der Waals surface area contributed by atoms with Gasteiger partial charge in [0.05, 0.1) is 16.3 Å². The van der Waals surface area contributed by atoms with E-state index in [9.17, 15) is 9.59 Å². The fourth-order valence-corrected chi connectivity index (χ4v) is 5.29. The summed E-state index contributed by atoms with van der Waals surface area (Å²) in [7, 11) is 0. The maximum absolute atomic E-state index is 13.3. The first kappa shape index (κ1) is 20.6. The minimum Gasteiger partial charge on any atom is -0.321 e. The second-order valence-corrected chi connectivity index (χ2v) is 9.32. The molecule has 2 N–H and O–H groups in total. The van der Waals surface area contributed by atoms with Gasteiger partial charge in [0.25, 0.3) is 11.8 Å². The molecule has 154 valence electrons. The standard InChI is InChI=1S/C24H23ClN2O2S/c1-14-7-10-16(11-8-14)22(28)27-24-21(17-12-9-15(2)13-20(17)30-24)23(29)26-19-6-4-3-5-18(19)25/h3-8,10-11,15H,9,12-13H2,1-2H3,(H,26,29)(H,27,28). The fraction of sp³-hybridized carbons (Fsp3) is 0.250. The number of aryl methyl sites for hydroxylation is 1. The first-order valence-electron chi connectivity index (χ1n) is 10.0. The largest absolute Gasteiger partial charge is 0.321 e. The molecule has 1 aromatic heterocycles. The van der Waals surface area contributed by atoms with Gasteiger partial charge in [-0.15, -0.1) is 11.3 Å². The minimum absolute atomic E-state index is 0.214. The Morgan fingerprint density at radius 1 is 1.03 bits per heavy atom. The molecule has 30 heavy (non-hydrogen) atoms. The predicted octanol–water partition coefficient (Wildman–Crippen LogP) is 6.34. The van der Waals surface area contributed by atoms with E-state index in [1.54, 1.807) is 24.3 Å². The summed E-state index contributed by atoms with van der Waals surface area (Å²) in [6, 6.07) is 14.6. The van der Waals surface area contributed by atoms with Gasteiger partial charge in [-0.05, 0) is 61.9 Å². The van der Waals surface area contributed by atoms with E-state index in [0.717, 1.165) is 30.4 Å². The van der Waals surface area contributed by atoms with Gasteiger partial charge in [0.15, 0.2) is 0 Å². The van der Waals surface area contributed by atoms with E-state index in [4.69, 9.17) is 11.6 Å². The lowest BCUT2D eigenvalue weighted by Gasteiger charge is -2.18. The maximum atomic E-state index is 13.3. The van der Waals surface area contributed by atoms with Crippen molar-refractivity contribution in [3.63, 3.8) is 0 Å². The number of hydrogen-bond donors (Lipinski definition) is 2. The van der Waals surface area contributed by atoms with Crippen LogP contribution in [0.25, 0.3) is 0 Å². The Balaban J connectivity index is 1.67. The average molecular weight is 439 g/mol. The van der Waals surface area contributed by atoms with Crippen molar-refractivity contribution in [2.24, 2.45) is 5.92 Å². The number of rotatable bonds is 4. The van der Waals surface area contributed by atoms with Crippen molar-refractivity contribution in [1.29, 1.82) is 0 Å². The van der Waals surface area contributed by atoms with Gasteiger partial charge >= 0.3 is 0 Å². The molecule has 0 bridgehead atoms. The van der Waals surface area contributed by atoms with Crippen molar-refractivity contribution in [3.8, 4) is 0 Å². The fourth-order valence-electron chi connectivity index (χ4n) is 3.71. The van der Waals surface area contributed by atoms with Gasteiger partial charge in [0.2, 0.25) is 0 Å². The smallest absolute Gasteiger partial charge is 0.258 e. The molecule has 1 atom stereocenters. The second kappa shape index (κ2) is 8.62. The van der Waals surface area contributed by atoms with Crippen LogP contribution in [-0.2, 0) is 12.8 Å². The molecule has 0 aliphatic heterocycles. The zero-order chi connectivity index (χ0) is 21.3. The second-order valence-electron chi connectivity index (χ2n) is 7.81. The van der Waals surface area contributed by atoms with Gasteiger partial charge in [-0.1, -0.05) is 48.4 Å². The molecule has 1 aliphatic rings. The van der Waals surface area contributed by atoms with E-state index in [-0.39, 0.29) is 11.8 Å². The van der Waals surface area contributed by atoms with Crippen LogP contribution in [0.3, 0.4) is 0 Å². The number of para-hydroxylation sites is 1. The zero-order valence-electron chi connectivity index (χ0n) is 16.9. The van der Waals surface area contributed by atoms with Crippen LogP contribution in [0.15, 0.2) is 48.5 Å². The highest BCUT2D eigenvalue weighted by Gasteiger charge is 2.28. The van der Waals surface area contributed by atoms with Crippen LogP contribution in [0.2, 0.25) is 5.02 Å². The van der Waals surface area contributed by atoms with Crippen LogP contribution in [0.4, 0.5) is 10.7 Å². The zero-order valence-corrected chi connectivity index (χ0v) is 18.5. The Kier molecular flexibility index (Phi) is 5.93. The van der Waals surface area contributed by atoms with Gasteiger partial charge in [-0.3, -0.25) is 9.59 Å². The van der Waals surface area contributed by atoms with E-state index < -0.39 is 0 Å². The highest BCUT2D eigenvalue weighted by molar-refractivity contribution is 7.17. The Morgan fingerprint density at radius 3 is 2.50 bits per heavy atom. The Bertz CT molecular complexity index is 1100. The summed E-state index contributed by atoms with van der Waals surface area (Å²) in [6.07, 6.45) is 2.78. The first-order chi connectivity index (χ1) is 14.4. The summed E-state index contributed by atoms with van der Waals surface area (Å²) in [5.74, 6) is 0.110. The molecule has 0 saturated heterocycles. The molecule has 0 radical (unpaired) electrons. The van der Waals surface area contributed by atoms with E-state index in [1.807, 2.05) is 31.2 Å². The van der Waals surface area contributed by atoms with E-state index in [1.165, 1.54) is 16.2 Å². The van der Waals surface area contributed by atoms with Crippen LogP contribution in [0.5, 0.6) is 0 Å². The summed E-state index contributed by atoms with van der Waals surface area (Å²) >= 11 is 7.74. The molecule has 6 heteroatoms. The Labute approximate surface area is 185 Å². The molecule has 1 unspecified atom stereocenters. The lowest BCUT2D eigenvalue weighted by Crippen LogP contribution is -2.19.